The van der Waals surface area contributed by atoms with Gasteiger partial charge in [-0.3, -0.25) is 9.59 Å². The number of hydrogen-bond acceptors (Lipinski definition) is 4. The maximum absolute atomic E-state index is 11.7. The summed E-state index contributed by atoms with van der Waals surface area (Å²) >= 11 is 0. The predicted octanol–water partition coefficient (Wildman–Crippen LogP) is 5.82. The van der Waals surface area contributed by atoms with Gasteiger partial charge < -0.3 is 9.47 Å². The molecular weight excluding hydrogens is 316 g/mol. The van der Waals surface area contributed by atoms with Crippen LogP contribution in [0.5, 0.6) is 0 Å². The second kappa shape index (κ2) is 16.4. The second-order valence-electron chi connectivity index (χ2n) is 7.23. The van der Waals surface area contributed by atoms with Crippen molar-refractivity contribution in [3.63, 3.8) is 0 Å². The molecule has 1 unspecified atom stereocenters. The Hall–Kier alpha value is -1.06. The molecule has 0 rings (SSSR count). The Morgan fingerprint density at radius 2 is 1.28 bits per heavy atom. The number of carbonyl (C=O) groups excluding carboxylic acids is 2. The van der Waals surface area contributed by atoms with Crippen LogP contribution in [-0.4, -0.2) is 24.6 Å². The molecule has 0 saturated heterocycles. The topological polar surface area (TPSA) is 52.6 Å². The summed E-state index contributed by atoms with van der Waals surface area (Å²) in [6.45, 7) is 8.75. The lowest BCUT2D eigenvalue weighted by Crippen LogP contribution is -2.23. The molecule has 0 spiro atoms. The van der Waals surface area contributed by atoms with E-state index in [-0.39, 0.29) is 30.9 Å². The third-order valence-corrected chi connectivity index (χ3v) is 4.47. The minimum Gasteiger partial charge on any atom is -0.466 e. The molecule has 25 heavy (non-hydrogen) atoms. The van der Waals surface area contributed by atoms with Gasteiger partial charge in [-0.15, -0.1) is 0 Å². The highest BCUT2D eigenvalue weighted by Crippen LogP contribution is 2.12. The lowest BCUT2D eigenvalue weighted by molar-refractivity contribution is -0.155. The Morgan fingerprint density at radius 1 is 0.760 bits per heavy atom. The molecule has 0 aromatic heterocycles. The Morgan fingerprint density at radius 3 is 1.80 bits per heavy atom. The number of ether oxygens (including phenoxy) is 2. The molecule has 4 nitrogen and oxygen atoms in total. The van der Waals surface area contributed by atoms with E-state index in [1.807, 2.05) is 20.8 Å². The third kappa shape index (κ3) is 14.9. The average Bonchev–Trinajstić information content (AvgIpc) is 2.59. The summed E-state index contributed by atoms with van der Waals surface area (Å²) in [6.07, 6.45) is 12.1. The summed E-state index contributed by atoms with van der Waals surface area (Å²) in [5.41, 5.74) is 0. The van der Waals surface area contributed by atoms with Gasteiger partial charge in [-0.1, -0.05) is 79.1 Å². The van der Waals surface area contributed by atoms with Crippen LogP contribution in [0.3, 0.4) is 0 Å². The van der Waals surface area contributed by atoms with Crippen LogP contribution in [0.15, 0.2) is 0 Å². The molecule has 0 aliphatic heterocycles. The van der Waals surface area contributed by atoms with Crippen molar-refractivity contribution >= 4 is 11.9 Å². The van der Waals surface area contributed by atoms with E-state index in [1.165, 1.54) is 44.9 Å². The molecule has 0 heterocycles. The zero-order valence-electron chi connectivity index (χ0n) is 17.0. The van der Waals surface area contributed by atoms with Crippen molar-refractivity contribution in [3.8, 4) is 0 Å². The Bertz CT molecular complexity index is 339. The Labute approximate surface area is 155 Å². The summed E-state index contributed by atoms with van der Waals surface area (Å²) in [4.78, 5) is 23.4. The fraction of sp³-hybridized carbons (Fsp3) is 0.905. The van der Waals surface area contributed by atoms with Crippen LogP contribution in [-0.2, 0) is 19.1 Å². The highest BCUT2D eigenvalue weighted by atomic mass is 16.5. The van der Waals surface area contributed by atoms with Crippen molar-refractivity contribution in [2.24, 2.45) is 5.92 Å². The largest absolute Gasteiger partial charge is 0.466 e. The number of rotatable bonds is 16. The maximum Gasteiger partial charge on any atom is 0.306 e. The van der Waals surface area contributed by atoms with Crippen molar-refractivity contribution < 1.29 is 19.1 Å². The smallest absolute Gasteiger partial charge is 0.306 e. The normalized spacial score (nSPS) is 12.2. The van der Waals surface area contributed by atoms with Gasteiger partial charge in [0.2, 0.25) is 0 Å². The fourth-order valence-corrected chi connectivity index (χ4v) is 2.79. The summed E-state index contributed by atoms with van der Waals surface area (Å²) in [5, 5.41) is 0. The molecule has 0 fully saturated rings. The van der Waals surface area contributed by atoms with Gasteiger partial charge in [-0.25, -0.2) is 0 Å². The highest BCUT2D eigenvalue weighted by Gasteiger charge is 2.17. The van der Waals surface area contributed by atoms with Gasteiger partial charge >= 0.3 is 11.9 Å². The van der Waals surface area contributed by atoms with Crippen molar-refractivity contribution in [3.05, 3.63) is 0 Å². The lowest BCUT2D eigenvalue weighted by Gasteiger charge is -2.19. The zero-order valence-corrected chi connectivity index (χ0v) is 17.0. The number of unbranched alkanes of at least 4 members (excludes halogenated alkanes) is 8. The first-order chi connectivity index (χ1) is 12.0. The van der Waals surface area contributed by atoms with Gasteiger partial charge in [0.15, 0.2) is 0 Å². The summed E-state index contributed by atoms with van der Waals surface area (Å²) in [7, 11) is 0. The molecular formula is C21H40O4. The molecule has 0 radical (unpaired) electrons. The van der Waals surface area contributed by atoms with Crippen molar-refractivity contribution in [2.75, 3.05) is 6.61 Å². The predicted molar refractivity (Wildman–Crippen MR) is 102 cm³/mol. The third-order valence-electron chi connectivity index (χ3n) is 4.47. The van der Waals surface area contributed by atoms with Crippen molar-refractivity contribution in [2.45, 2.75) is 111 Å². The van der Waals surface area contributed by atoms with Gasteiger partial charge in [0.05, 0.1) is 19.4 Å². The van der Waals surface area contributed by atoms with Crippen molar-refractivity contribution in [1.29, 1.82) is 0 Å². The first-order valence-electron chi connectivity index (χ1n) is 10.4. The van der Waals surface area contributed by atoms with Gasteiger partial charge in [0, 0.05) is 0 Å². The Kier molecular flexibility index (Phi) is 15.7. The first kappa shape index (κ1) is 23.9. The lowest BCUT2D eigenvalue weighted by atomic mass is 10.1. The van der Waals surface area contributed by atoms with Crippen LogP contribution in [0.4, 0.5) is 0 Å². The molecule has 4 heteroatoms. The van der Waals surface area contributed by atoms with Crippen LogP contribution < -0.4 is 0 Å². The molecule has 0 N–H and O–H groups in total. The van der Waals surface area contributed by atoms with E-state index in [2.05, 4.69) is 6.92 Å². The van der Waals surface area contributed by atoms with Crippen LogP contribution in [0.1, 0.15) is 105 Å². The zero-order chi connectivity index (χ0) is 18.9. The van der Waals surface area contributed by atoms with Crippen LogP contribution in [0.2, 0.25) is 0 Å². The second-order valence-corrected chi connectivity index (χ2v) is 7.23. The number of hydrogen-bond donors (Lipinski definition) is 0. The maximum atomic E-state index is 11.7. The van der Waals surface area contributed by atoms with E-state index >= 15 is 0 Å². The van der Waals surface area contributed by atoms with E-state index < -0.39 is 0 Å². The van der Waals surface area contributed by atoms with E-state index in [4.69, 9.17) is 9.47 Å². The molecule has 0 aromatic rings. The number of carbonyl (C=O) groups is 2. The quantitative estimate of drug-likeness (QED) is 0.258. The summed E-state index contributed by atoms with van der Waals surface area (Å²) in [6, 6.07) is 0. The molecule has 0 aromatic carbocycles. The highest BCUT2D eigenvalue weighted by molar-refractivity contribution is 5.77. The van der Waals surface area contributed by atoms with Gasteiger partial charge in [0.25, 0.3) is 0 Å². The first-order valence-corrected chi connectivity index (χ1v) is 10.4. The van der Waals surface area contributed by atoms with E-state index in [0.29, 0.717) is 12.5 Å². The van der Waals surface area contributed by atoms with Crippen molar-refractivity contribution in [1.82, 2.24) is 0 Å². The summed E-state index contributed by atoms with van der Waals surface area (Å²) < 4.78 is 10.6. The molecule has 0 saturated carbocycles. The molecule has 0 aliphatic carbocycles. The van der Waals surface area contributed by atoms with Gasteiger partial charge in [-0.05, 0) is 18.8 Å². The summed E-state index contributed by atoms with van der Waals surface area (Å²) in [5.74, 6) is -0.303. The minimum atomic E-state index is -0.305. The molecule has 0 bridgehead atoms. The van der Waals surface area contributed by atoms with E-state index in [9.17, 15) is 9.59 Å². The van der Waals surface area contributed by atoms with Crippen LogP contribution in [0, 0.1) is 5.92 Å². The molecule has 1 atom stereocenters. The molecule has 0 aliphatic rings. The Balaban J connectivity index is 3.51. The standard InChI is InChI=1S/C21H40O4/c1-5-7-8-9-10-11-12-13-14-17-24-20(22)15-16-21(23)25-19(6-2)18(3)4/h18-19H,5-17H2,1-4H3. The fourth-order valence-electron chi connectivity index (χ4n) is 2.79. The van der Waals surface area contributed by atoms with Gasteiger partial charge in [-0.2, -0.15) is 0 Å². The monoisotopic (exact) mass is 356 g/mol. The molecule has 0 amide bonds. The number of esters is 2. The van der Waals surface area contributed by atoms with Crippen LogP contribution >= 0.6 is 0 Å². The van der Waals surface area contributed by atoms with Gasteiger partial charge in [0.1, 0.15) is 6.10 Å². The SMILES string of the molecule is CCCCCCCCCCCOC(=O)CCC(=O)OC(CC)C(C)C. The molecule has 148 valence electrons. The minimum absolute atomic E-state index is 0.0644. The average molecular weight is 357 g/mol. The van der Waals surface area contributed by atoms with E-state index in [1.54, 1.807) is 0 Å². The van der Waals surface area contributed by atoms with E-state index in [0.717, 1.165) is 19.3 Å². The van der Waals surface area contributed by atoms with Crippen LogP contribution in [0.25, 0.3) is 0 Å².